The molecule has 1 saturated heterocycles. The van der Waals surface area contributed by atoms with Gasteiger partial charge < -0.3 is 24.4 Å². The number of nitrogens with one attached hydrogen (secondary N) is 1. The van der Waals surface area contributed by atoms with Gasteiger partial charge in [-0.3, -0.25) is 0 Å². The van der Waals surface area contributed by atoms with Gasteiger partial charge in [-0.1, -0.05) is 6.07 Å². The predicted molar refractivity (Wildman–Crippen MR) is 81.1 cm³/mol. The van der Waals surface area contributed by atoms with Gasteiger partial charge in [0.2, 0.25) is 6.79 Å². The molecule has 3 rings (SSSR count). The summed E-state index contributed by atoms with van der Waals surface area (Å²) in [6.45, 7) is 7.86. The molecule has 0 aromatic heterocycles. The molecule has 0 unspecified atom stereocenters. The summed E-state index contributed by atoms with van der Waals surface area (Å²) in [5.41, 5.74) is 0.605. The minimum atomic E-state index is -0.476. The van der Waals surface area contributed by atoms with E-state index >= 15 is 0 Å². The zero-order chi connectivity index (χ0) is 15.7. The second kappa shape index (κ2) is 5.68. The zero-order valence-corrected chi connectivity index (χ0v) is 13.2. The first-order valence-electron chi connectivity index (χ1n) is 7.53. The monoisotopic (exact) mass is 306 g/mol. The maximum atomic E-state index is 12.2. The normalized spacial score (nSPS) is 20.9. The number of piperazine rings is 1. The molecular formula is C16H22N2O4. The van der Waals surface area contributed by atoms with Crippen LogP contribution >= 0.6 is 0 Å². The number of rotatable bonds is 1. The first-order valence-corrected chi connectivity index (χ1v) is 7.53. The average molecular weight is 306 g/mol. The van der Waals surface area contributed by atoms with Crippen molar-refractivity contribution in [3.05, 3.63) is 23.8 Å². The number of ether oxygens (including phenoxy) is 3. The lowest BCUT2D eigenvalue weighted by atomic mass is 10.0. The molecule has 0 bridgehead atoms. The molecule has 6 heteroatoms. The second-order valence-corrected chi connectivity index (χ2v) is 6.55. The first-order chi connectivity index (χ1) is 10.4. The van der Waals surface area contributed by atoms with Crippen LogP contribution in [-0.4, -0.2) is 43.0 Å². The van der Waals surface area contributed by atoms with Crippen molar-refractivity contribution in [3.63, 3.8) is 0 Å². The molecule has 1 amide bonds. The molecule has 0 aliphatic carbocycles. The highest BCUT2D eigenvalue weighted by Gasteiger charge is 2.28. The van der Waals surface area contributed by atoms with E-state index in [4.69, 9.17) is 14.2 Å². The summed E-state index contributed by atoms with van der Waals surface area (Å²) in [5.74, 6) is 1.53. The van der Waals surface area contributed by atoms with Crippen molar-refractivity contribution in [2.24, 2.45) is 0 Å². The lowest BCUT2D eigenvalue weighted by Gasteiger charge is -2.35. The van der Waals surface area contributed by atoms with E-state index in [-0.39, 0.29) is 18.9 Å². The Kier molecular flexibility index (Phi) is 3.87. The number of carbonyl (C=O) groups excluding carboxylic acids is 1. The Bertz CT molecular complexity index is 568. The lowest BCUT2D eigenvalue weighted by molar-refractivity contribution is 0.0195. The fourth-order valence-electron chi connectivity index (χ4n) is 2.60. The summed E-state index contributed by atoms with van der Waals surface area (Å²) in [4.78, 5) is 14.0. The largest absolute Gasteiger partial charge is 0.454 e. The smallest absolute Gasteiger partial charge is 0.410 e. The van der Waals surface area contributed by atoms with Gasteiger partial charge >= 0.3 is 6.09 Å². The molecule has 2 heterocycles. The van der Waals surface area contributed by atoms with E-state index in [0.717, 1.165) is 23.6 Å². The van der Waals surface area contributed by atoms with Gasteiger partial charge in [0.05, 0.1) is 6.04 Å². The van der Waals surface area contributed by atoms with Crippen molar-refractivity contribution in [1.29, 1.82) is 0 Å². The van der Waals surface area contributed by atoms with E-state index in [2.05, 4.69) is 5.32 Å². The number of carbonyl (C=O) groups is 1. The summed E-state index contributed by atoms with van der Waals surface area (Å²) in [6.07, 6.45) is -0.264. The molecule has 22 heavy (non-hydrogen) atoms. The van der Waals surface area contributed by atoms with Crippen LogP contribution < -0.4 is 14.8 Å². The quantitative estimate of drug-likeness (QED) is 0.862. The van der Waals surface area contributed by atoms with Gasteiger partial charge in [0.15, 0.2) is 11.5 Å². The van der Waals surface area contributed by atoms with Crippen molar-refractivity contribution in [3.8, 4) is 11.5 Å². The number of amides is 1. The standard InChI is InChI=1S/C16H22N2O4/c1-16(2,3)22-15(19)18-7-6-17-12(9-18)11-4-5-13-14(8-11)21-10-20-13/h4-5,8,12,17H,6-7,9-10H2,1-3H3/t12-/m1/s1. The molecule has 120 valence electrons. The van der Waals surface area contributed by atoms with Gasteiger partial charge in [0.25, 0.3) is 0 Å². The van der Waals surface area contributed by atoms with E-state index < -0.39 is 5.60 Å². The molecule has 2 aliphatic heterocycles. The fraction of sp³-hybridized carbons (Fsp3) is 0.562. The molecule has 1 atom stereocenters. The molecule has 1 aromatic carbocycles. The number of benzene rings is 1. The molecule has 6 nitrogen and oxygen atoms in total. The van der Waals surface area contributed by atoms with Gasteiger partial charge in [-0.15, -0.1) is 0 Å². The van der Waals surface area contributed by atoms with Gasteiger partial charge in [-0.2, -0.15) is 0 Å². The summed E-state index contributed by atoms with van der Waals surface area (Å²) >= 11 is 0. The van der Waals surface area contributed by atoms with E-state index in [1.54, 1.807) is 4.90 Å². The van der Waals surface area contributed by atoms with Crippen LogP contribution in [0.15, 0.2) is 18.2 Å². The van der Waals surface area contributed by atoms with Crippen LogP contribution in [0.25, 0.3) is 0 Å². The van der Waals surface area contributed by atoms with Gasteiger partial charge in [-0.05, 0) is 38.5 Å². The summed E-state index contributed by atoms with van der Waals surface area (Å²) in [6, 6.07) is 5.95. The number of nitrogens with zero attached hydrogens (tertiary/aromatic N) is 1. The van der Waals surface area contributed by atoms with E-state index in [0.29, 0.717) is 13.1 Å². The van der Waals surface area contributed by atoms with Crippen molar-refractivity contribution >= 4 is 6.09 Å². The molecule has 0 saturated carbocycles. The number of hydrogen-bond acceptors (Lipinski definition) is 5. The third-order valence-corrected chi connectivity index (χ3v) is 3.63. The minimum Gasteiger partial charge on any atom is -0.454 e. The predicted octanol–water partition coefficient (Wildman–Crippen LogP) is 2.30. The lowest BCUT2D eigenvalue weighted by Crippen LogP contribution is -2.49. The average Bonchev–Trinajstić information content (AvgIpc) is 2.93. The van der Waals surface area contributed by atoms with Crippen LogP contribution in [-0.2, 0) is 4.74 Å². The van der Waals surface area contributed by atoms with Crippen LogP contribution in [0.5, 0.6) is 11.5 Å². The Balaban J connectivity index is 1.69. The maximum absolute atomic E-state index is 12.2. The molecule has 0 radical (unpaired) electrons. The third-order valence-electron chi connectivity index (χ3n) is 3.63. The number of hydrogen-bond donors (Lipinski definition) is 1. The summed E-state index contributed by atoms with van der Waals surface area (Å²) in [7, 11) is 0. The van der Waals surface area contributed by atoms with Crippen LogP contribution in [0.1, 0.15) is 32.4 Å². The second-order valence-electron chi connectivity index (χ2n) is 6.55. The Labute approximate surface area is 130 Å². The SMILES string of the molecule is CC(C)(C)OC(=O)N1CCN[C@@H](c2ccc3c(c2)OCO3)C1. The highest BCUT2D eigenvalue weighted by atomic mass is 16.7. The third kappa shape index (κ3) is 3.27. The Morgan fingerprint density at radius 2 is 2.09 bits per heavy atom. The van der Waals surface area contributed by atoms with Crippen LogP contribution in [0.2, 0.25) is 0 Å². The molecule has 0 spiro atoms. The Morgan fingerprint density at radius 3 is 2.86 bits per heavy atom. The highest BCUT2D eigenvalue weighted by molar-refractivity contribution is 5.68. The van der Waals surface area contributed by atoms with E-state index in [9.17, 15) is 4.79 Å². The number of fused-ring (bicyclic) bond motifs is 1. The molecule has 2 aliphatic rings. The molecule has 1 N–H and O–H groups in total. The van der Waals surface area contributed by atoms with Gasteiger partial charge in [0, 0.05) is 19.6 Å². The zero-order valence-electron chi connectivity index (χ0n) is 13.2. The summed E-state index contributed by atoms with van der Waals surface area (Å²) < 4.78 is 16.2. The molecule has 1 fully saturated rings. The fourth-order valence-corrected chi connectivity index (χ4v) is 2.60. The Morgan fingerprint density at radius 1 is 1.32 bits per heavy atom. The highest BCUT2D eigenvalue weighted by Crippen LogP contribution is 2.34. The van der Waals surface area contributed by atoms with E-state index in [1.807, 2.05) is 39.0 Å². The summed E-state index contributed by atoms with van der Waals surface area (Å²) in [5, 5.41) is 3.43. The van der Waals surface area contributed by atoms with Crippen molar-refractivity contribution in [1.82, 2.24) is 10.2 Å². The van der Waals surface area contributed by atoms with Crippen LogP contribution in [0.4, 0.5) is 4.79 Å². The Hall–Kier alpha value is -1.95. The van der Waals surface area contributed by atoms with Gasteiger partial charge in [-0.25, -0.2) is 4.79 Å². The van der Waals surface area contributed by atoms with Crippen molar-refractivity contribution < 1.29 is 19.0 Å². The van der Waals surface area contributed by atoms with Crippen LogP contribution in [0.3, 0.4) is 0 Å². The van der Waals surface area contributed by atoms with Crippen molar-refractivity contribution in [2.45, 2.75) is 32.4 Å². The van der Waals surface area contributed by atoms with Crippen molar-refractivity contribution in [2.75, 3.05) is 26.4 Å². The maximum Gasteiger partial charge on any atom is 0.410 e. The molecule has 1 aromatic rings. The minimum absolute atomic E-state index is 0.0655. The van der Waals surface area contributed by atoms with E-state index in [1.165, 1.54) is 0 Å². The topological polar surface area (TPSA) is 60.0 Å². The van der Waals surface area contributed by atoms with Gasteiger partial charge in [0.1, 0.15) is 5.60 Å². The first kappa shape index (κ1) is 15.0. The van der Waals surface area contributed by atoms with Crippen LogP contribution in [0, 0.1) is 0 Å². The molecular weight excluding hydrogens is 284 g/mol.